The van der Waals surface area contributed by atoms with Crippen LogP contribution >= 0.6 is 0 Å². The Morgan fingerprint density at radius 1 is 1.00 bits per heavy atom. The lowest BCUT2D eigenvalue weighted by Crippen LogP contribution is -2.38. The Bertz CT molecular complexity index is 494. The van der Waals surface area contributed by atoms with E-state index in [0.717, 1.165) is 69.6 Å². The van der Waals surface area contributed by atoms with E-state index < -0.39 is 0 Å². The second-order valence-electron chi connectivity index (χ2n) is 7.52. The van der Waals surface area contributed by atoms with Crippen LogP contribution in [0.5, 0.6) is 0 Å². The molecule has 0 atom stereocenters. The van der Waals surface area contributed by atoms with Gasteiger partial charge in [0.1, 0.15) is 18.0 Å². The summed E-state index contributed by atoms with van der Waals surface area (Å²) in [5.74, 6) is 2.89. The van der Waals surface area contributed by atoms with Gasteiger partial charge in [0.15, 0.2) is 0 Å². The van der Waals surface area contributed by atoms with E-state index in [1.165, 1.54) is 19.3 Å². The van der Waals surface area contributed by atoms with E-state index in [4.69, 9.17) is 4.74 Å². The minimum Gasteiger partial charge on any atom is -0.378 e. The normalized spacial score (nSPS) is 20.0. The molecule has 2 aliphatic heterocycles. The summed E-state index contributed by atoms with van der Waals surface area (Å²) in [5, 5.41) is 0. The van der Waals surface area contributed by atoms with Crippen molar-refractivity contribution < 1.29 is 4.74 Å². The molecule has 0 N–H and O–H groups in total. The molecule has 134 valence electrons. The maximum Gasteiger partial charge on any atom is 0.134 e. The monoisotopic (exact) mass is 332 g/mol. The van der Waals surface area contributed by atoms with Gasteiger partial charge in [0, 0.05) is 38.9 Å². The number of nitrogens with zero attached hydrogens (tertiary/aromatic N) is 4. The average Bonchev–Trinajstić information content (AvgIpc) is 2.63. The number of anilines is 2. The minimum absolute atomic E-state index is 0.420. The SMILES string of the molecule is CC(C)CCOC1CCN(c2cc(N3CCCCC3)ncn2)CC1. The molecule has 0 spiro atoms. The van der Waals surface area contributed by atoms with Crippen LogP contribution in [0.4, 0.5) is 11.6 Å². The first kappa shape index (κ1) is 17.5. The molecule has 1 aromatic rings. The molecule has 2 fully saturated rings. The van der Waals surface area contributed by atoms with E-state index >= 15 is 0 Å². The van der Waals surface area contributed by atoms with Gasteiger partial charge in [-0.05, 0) is 44.4 Å². The predicted molar refractivity (Wildman–Crippen MR) is 98.7 cm³/mol. The van der Waals surface area contributed by atoms with Gasteiger partial charge in [-0.1, -0.05) is 13.8 Å². The van der Waals surface area contributed by atoms with Crippen LogP contribution in [0.2, 0.25) is 0 Å². The molecular formula is C19H32N4O. The third-order valence-electron chi connectivity index (χ3n) is 5.13. The molecule has 2 aliphatic rings. The van der Waals surface area contributed by atoms with E-state index in [1.54, 1.807) is 6.33 Å². The smallest absolute Gasteiger partial charge is 0.134 e. The van der Waals surface area contributed by atoms with E-state index in [0.29, 0.717) is 6.10 Å². The molecule has 3 rings (SSSR count). The maximum atomic E-state index is 6.03. The second-order valence-corrected chi connectivity index (χ2v) is 7.52. The zero-order valence-corrected chi connectivity index (χ0v) is 15.3. The maximum absolute atomic E-state index is 6.03. The lowest BCUT2D eigenvalue weighted by atomic mass is 10.1. The van der Waals surface area contributed by atoms with Crippen molar-refractivity contribution in [2.24, 2.45) is 5.92 Å². The summed E-state index contributed by atoms with van der Waals surface area (Å²) in [6.07, 6.45) is 9.40. The van der Waals surface area contributed by atoms with Crippen molar-refractivity contribution in [2.75, 3.05) is 42.6 Å². The van der Waals surface area contributed by atoms with Gasteiger partial charge in [-0.2, -0.15) is 0 Å². The van der Waals surface area contributed by atoms with Gasteiger partial charge in [-0.15, -0.1) is 0 Å². The minimum atomic E-state index is 0.420. The Labute approximate surface area is 146 Å². The number of ether oxygens (including phenoxy) is 1. The molecule has 0 aromatic carbocycles. The molecule has 5 nitrogen and oxygen atoms in total. The lowest BCUT2D eigenvalue weighted by Gasteiger charge is -2.33. The van der Waals surface area contributed by atoms with Gasteiger partial charge in [0.25, 0.3) is 0 Å². The van der Waals surface area contributed by atoms with Crippen molar-refractivity contribution in [3.63, 3.8) is 0 Å². The summed E-state index contributed by atoms with van der Waals surface area (Å²) >= 11 is 0. The molecule has 5 heteroatoms. The van der Waals surface area contributed by atoms with E-state index in [2.05, 4.69) is 39.7 Å². The van der Waals surface area contributed by atoms with E-state index in [9.17, 15) is 0 Å². The van der Waals surface area contributed by atoms with Gasteiger partial charge in [0.05, 0.1) is 6.10 Å². The summed E-state index contributed by atoms with van der Waals surface area (Å²) in [6, 6.07) is 2.17. The van der Waals surface area contributed by atoms with Crippen LogP contribution in [0.1, 0.15) is 52.4 Å². The molecule has 0 saturated carbocycles. The first-order valence-electron chi connectivity index (χ1n) is 9.66. The van der Waals surface area contributed by atoms with Crippen LogP contribution in [-0.4, -0.2) is 48.9 Å². The highest BCUT2D eigenvalue weighted by molar-refractivity contribution is 5.50. The third kappa shape index (κ3) is 4.82. The van der Waals surface area contributed by atoms with Crippen LogP contribution in [0, 0.1) is 5.92 Å². The summed E-state index contributed by atoms with van der Waals surface area (Å²) in [4.78, 5) is 13.8. The van der Waals surface area contributed by atoms with Crippen LogP contribution < -0.4 is 9.80 Å². The molecule has 2 saturated heterocycles. The van der Waals surface area contributed by atoms with Gasteiger partial charge in [0.2, 0.25) is 0 Å². The highest BCUT2D eigenvalue weighted by Gasteiger charge is 2.22. The molecule has 1 aromatic heterocycles. The van der Waals surface area contributed by atoms with Gasteiger partial charge < -0.3 is 14.5 Å². The Morgan fingerprint density at radius 2 is 1.62 bits per heavy atom. The van der Waals surface area contributed by atoms with Crippen molar-refractivity contribution >= 4 is 11.6 Å². The number of hydrogen-bond acceptors (Lipinski definition) is 5. The molecule has 24 heavy (non-hydrogen) atoms. The fourth-order valence-electron chi connectivity index (χ4n) is 3.53. The Balaban J connectivity index is 1.51. The zero-order chi connectivity index (χ0) is 16.8. The molecular weight excluding hydrogens is 300 g/mol. The third-order valence-corrected chi connectivity index (χ3v) is 5.13. The summed E-state index contributed by atoms with van der Waals surface area (Å²) in [6.45, 7) is 9.72. The lowest BCUT2D eigenvalue weighted by molar-refractivity contribution is 0.0311. The highest BCUT2D eigenvalue weighted by atomic mass is 16.5. The van der Waals surface area contributed by atoms with E-state index in [-0.39, 0.29) is 0 Å². The Hall–Kier alpha value is -1.36. The van der Waals surface area contributed by atoms with Crippen LogP contribution in [-0.2, 0) is 4.74 Å². The van der Waals surface area contributed by atoms with Gasteiger partial charge in [-0.3, -0.25) is 0 Å². The molecule has 0 unspecified atom stereocenters. The fourth-order valence-corrected chi connectivity index (χ4v) is 3.53. The number of aromatic nitrogens is 2. The van der Waals surface area contributed by atoms with Crippen LogP contribution in [0.25, 0.3) is 0 Å². The fraction of sp³-hybridized carbons (Fsp3) is 0.789. The van der Waals surface area contributed by atoms with Crippen molar-refractivity contribution in [1.82, 2.24) is 9.97 Å². The highest BCUT2D eigenvalue weighted by Crippen LogP contribution is 2.24. The molecule has 0 bridgehead atoms. The summed E-state index contributed by atoms with van der Waals surface area (Å²) in [5.41, 5.74) is 0. The predicted octanol–water partition coefficient (Wildman–Crippen LogP) is 3.50. The number of hydrogen-bond donors (Lipinski definition) is 0. The Morgan fingerprint density at radius 3 is 2.25 bits per heavy atom. The Kier molecular flexibility index (Phi) is 6.30. The van der Waals surface area contributed by atoms with E-state index in [1.807, 2.05) is 0 Å². The first-order valence-corrected chi connectivity index (χ1v) is 9.66. The topological polar surface area (TPSA) is 41.5 Å². The van der Waals surface area contributed by atoms with Gasteiger partial charge >= 0.3 is 0 Å². The van der Waals surface area contributed by atoms with Gasteiger partial charge in [-0.25, -0.2) is 9.97 Å². The van der Waals surface area contributed by atoms with Crippen molar-refractivity contribution in [3.8, 4) is 0 Å². The van der Waals surface area contributed by atoms with Crippen LogP contribution in [0.3, 0.4) is 0 Å². The largest absolute Gasteiger partial charge is 0.378 e. The molecule has 0 radical (unpaired) electrons. The van der Waals surface area contributed by atoms with Crippen molar-refractivity contribution in [2.45, 2.75) is 58.5 Å². The summed E-state index contributed by atoms with van der Waals surface area (Å²) < 4.78 is 6.03. The van der Waals surface area contributed by atoms with Crippen molar-refractivity contribution in [3.05, 3.63) is 12.4 Å². The average molecular weight is 332 g/mol. The zero-order valence-electron chi connectivity index (χ0n) is 15.3. The molecule has 0 amide bonds. The number of piperidine rings is 2. The van der Waals surface area contributed by atoms with Crippen LogP contribution in [0.15, 0.2) is 12.4 Å². The first-order chi connectivity index (χ1) is 11.7. The quantitative estimate of drug-likeness (QED) is 0.797. The molecule has 3 heterocycles. The van der Waals surface area contributed by atoms with Crippen molar-refractivity contribution in [1.29, 1.82) is 0 Å². The number of rotatable bonds is 6. The standard InChI is InChI=1S/C19H32N4O/c1-16(2)8-13-24-17-6-11-23(12-7-17)19-14-18(20-15-21-19)22-9-4-3-5-10-22/h14-17H,3-13H2,1-2H3. The molecule has 0 aliphatic carbocycles. The second kappa shape index (κ2) is 8.65. The summed E-state index contributed by atoms with van der Waals surface area (Å²) in [7, 11) is 0.